The average molecular weight is 304 g/mol. The topological polar surface area (TPSA) is 50.2 Å². The highest BCUT2D eigenvalue weighted by Gasteiger charge is 2.37. The van der Waals surface area contributed by atoms with Gasteiger partial charge in [0, 0.05) is 30.4 Å². The molecule has 1 aliphatic carbocycles. The maximum Gasteiger partial charge on any atom is 0.318 e. The highest BCUT2D eigenvalue weighted by molar-refractivity contribution is 5.75. The fourth-order valence-electron chi connectivity index (χ4n) is 3.57. The van der Waals surface area contributed by atoms with Crippen molar-refractivity contribution in [3.8, 4) is 0 Å². The molecule has 0 bridgehead atoms. The minimum Gasteiger partial charge on any atom is -0.331 e. The van der Waals surface area contributed by atoms with Crippen LogP contribution in [-0.2, 0) is 0 Å². The van der Waals surface area contributed by atoms with E-state index in [0.717, 1.165) is 24.4 Å². The molecule has 0 unspecified atom stereocenters. The van der Waals surface area contributed by atoms with Crippen LogP contribution < -0.4 is 5.32 Å². The summed E-state index contributed by atoms with van der Waals surface area (Å²) in [4.78, 5) is 14.7. The molecule has 0 spiro atoms. The number of carbonyl (C=O) groups excluding carboxylic acids is 1. The molecule has 0 radical (unpaired) electrons. The molecule has 22 heavy (non-hydrogen) atoms. The van der Waals surface area contributed by atoms with Crippen LogP contribution in [0.15, 0.2) is 12.4 Å². The number of rotatable bonds is 4. The van der Waals surface area contributed by atoms with Gasteiger partial charge < -0.3 is 10.2 Å². The molecule has 1 saturated carbocycles. The molecule has 1 aromatic rings. The molecule has 1 aliphatic heterocycles. The van der Waals surface area contributed by atoms with Crippen LogP contribution in [0.25, 0.3) is 0 Å². The summed E-state index contributed by atoms with van der Waals surface area (Å²) in [7, 11) is 0. The summed E-state index contributed by atoms with van der Waals surface area (Å²) in [6, 6.07) is 0.916. The smallest absolute Gasteiger partial charge is 0.318 e. The van der Waals surface area contributed by atoms with Crippen LogP contribution in [0.2, 0.25) is 0 Å². The number of nitrogens with zero attached hydrogens (tertiary/aromatic N) is 3. The fourth-order valence-corrected chi connectivity index (χ4v) is 3.57. The lowest BCUT2D eigenvalue weighted by atomic mass is 9.79. The van der Waals surface area contributed by atoms with Gasteiger partial charge in [-0.1, -0.05) is 6.42 Å². The van der Waals surface area contributed by atoms with Gasteiger partial charge in [-0.3, -0.25) is 4.68 Å². The molecule has 5 nitrogen and oxygen atoms in total. The summed E-state index contributed by atoms with van der Waals surface area (Å²) in [6.45, 7) is 7.15. The van der Waals surface area contributed by atoms with E-state index in [0.29, 0.717) is 12.1 Å². The normalized spacial score (nSPS) is 23.6. The lowest BCUT2D eigenvalue weighted by Crippen LogP contribution is -2.47. The summed E-state index contributed by atoms with van der Waals surface area (Å²) in [5.41, 5.74) is 1.07. The lowest BCUT2D eigenvalue weighted by Gasteiger charge is -2.37. The molecule has 2 aliphatic rings. The molecular formula is C17H28N4O. The average Bonchev–Trinajstić information content (AvgIpc) is 3.05. The van der Waals surface area contributed by atoms with E-state index in [1.807, 2.05) is 24.0 Å². The zero-order valence-electron chi connectivity index (χ0n) is 14.0. The van der Waals surface area contributed by atoms with E-state index in [9.17, 15) is 4.79 Å². The molecule has 1 saturated heterocycles. The standard InChI is InChI=1S/C17H28N4O/c1-12(2)21-11-15(10-18-21)13(3)19-17(22)20-9-5-8-16(20)14-6-4-7-14/h10-14,16H,4-9H2,1-3H3,(H,19,22)/t13-,16-/m1/s1. The van der Waals surface area contributed by atoms with E-state index >= 15 is 0 Å². The Morgan fingerprint density at radius 1 is 1.27 bits per heavy atom. The van der Waals surface area contributed by atoms with Crippen molar-refractivity contribution in [2.75, 3.05) is 6.54 Å². The zero-order chi connectivity index (χ0) is 15.7. The van der Waals surface area contributed by atoms with E-state index < -0.39 is 0 Å². The Morgan fingerprint density at radius 2 is 2.05 bits per heavy atom. The van der Waals surface area contributed by atoms with Gasteiger partial charge in [0.1, 0.15) is 0 Å². The molecule has 122 valence electrons. The van der Waals surface area contributed by atoms with E-state index in [4.69, 9.17) is 0 Å². The van der Waals surface area contributed by atoms with Crippen molar-refractivity contribution in [1.29, 1.82) is 0 Å². The summed E-state index contributed by atoms with van der Waals surface area (Å²) >= 11 is 0. The Kier molecular flexibility index (Phi) is 4.41. The second-order valence-electron chi connectivity index (χ2n) is 7.11. The maximum absolute atomic E-state index is 12.6. The molecule has 1 aromatic heterocycles. The zero-order valence-corrected chi connectivity index (χ0v) is 14.0. The van der Waals surface area contributed by atoms with E-state index in [2.05, 4.69) is 29.2 Å². The van der Waals surface area contributed by atoms with Crippen LogP contribution in [-0.4, -0.2) is 33.3 Å². The Labute approximate surface area is 133 Å². The van der Waals surface area contributed by atoms with Crippen LogP contribution in [0, 0.1) is 5.92 Å². The number of aromatic nitrogens is 2. The third kappa shape index (κ3) is 2.99. The summed E-state index contributed by atoms with van der Waals surface area (Å²) < 4.78 is 1.94. The Balaban J connectivity index is 1.60. The number of nitrogens with one attached hydrogen (secondary N) is 1. The molecule has 0 aromatic carbocycles. The fraction of sp³-hybridized carbons (Fsp3) is 0.765. The van der Waals surface area contributed by atoms with Gasteiger partial charge in [0.15, 0.2) is 0 Å². The van der Waals surface area contributed by atoms with Gasteiger partial charge in [0.2, 0.25) is 0 Å². The predicted octanol–water partition coefficient (Wildman–Crippen LogP) is 3.50. The van der Waals surface area contributed by atoms with Gasteiger partial charge in [-0.05, 0) is 52.4 Å². The maximum atomic E-state index is 12.6. The molecule has 2 amide bonds. The van der Waals surface area contributed by atoms with Crippen molar-refractivity contribution in [2.45, 2.75) is 71.0 Å². The molecule has 5 heteroatoms. The van der Waals surface area contributed by atoms with Gasteiger partial charge in [-0.15, -0.1) is 0 Å². The minimum atomic E-state index is 0.00244. The third-order valence-electron chi connectivity index (χ3n) is 5.24. The monoisotopic (exact) mass is 304 g/mol. The number of likely N-dealkylation sites (tertiary alicyclic amines) is 1. The first-order valence-corrected chi connectivity index (χ1v) is 8.67. The molecule has 3 rings (SSSR count). The van der Waals surface area contributed by atoms with Gasteiger partial charge in [0.25, 0.3) is 0 Å². The van der Waals surface area contributed by atoms with Gasteiger partial charge >= 0.3 is 6.03 Å². The predicted molar refractivity (Wildman–Crippen MR) is 86.6 cm³/mol. The van der Waals surface area contributed by atoms with E-state index in [-0.39, 0.29) is 12.1 Å². The van der Waals surface area contributed by atoms with Crippen molar-refractivity contribution in [3.63, 3.8) is 0 Å². The first-order chi connectivity index (χ1) is 10.6. The molecule has 2 fully saturated rings. The Morgan fingerprint density at radius 3 is 2.64 bits per heavy atom. The highest BCUT2D eigenvalue weighted by atomic mass is 16.2. The molecule has 1 N–H and O–H groups in total. The summed E-state index contributed by atoms with van der Waals surface area (Å²) in [5.74, 6) is 0.743. The summed E-state index contributed by atoms with van der Waals surface area (Å²) in [5, 5.41) is 7.52. The van der Waals surface area contributed by atoms with Crippen LogP contribution in [0.1, 0.15) is 70.5 Å². The van der Waals surface area contributed by atoms with Crippen molar-refractivity contribution in [1.82, 2.24) is 20.0 Å². The van der Waals surface area contributed by atoms with Gasteiger partial charge in [0.05, 0.1) is 12.2 Å². The Hall–Kier alpha value is -1.52. The van der Waals surface area contributed by atoms with Crippen molar-refractivity contribution in [2.24, 2.45) is 5.92 Å². The van der Waals surface area contributed by atoms with Crippen molar-refractivity contribution >= 4 is 6.03 Å². The molecule has 2 atom stereocenters. The first-order valence-electron chi connectivity index (χ1n) is 8.67. The van der Waals surface area contributed by atoms with E-state index in [1.165, 1.54) is 25.7 Å². The van der Waals surface area contributed by atoms with E-state index in [1.54, 1.807) is 0 Å². The lowest BCUT2D eigenvalue weighted by molar-refractivity contribution is 0.137. The second-order valence-corrected chi connectivity index (χ2v) is 7.11. The van der Waals surface area contributed by atoms with Crippen LogP contribution in [0.5, 0.6) is 0 Å². The third-order valence-corrected chi connectivity index (χ3v) is 5.24. The largest absolute Gasteiger partial charge is 0.331 e. The minimum absolute atomic E-state index is 0.00244. The Bertz CT molecular complexity index is 520. The number of hydrogen-bond donors (Lipinski definition) is 1. The van der Waals surface area contributed by atoms with Gasteiger partial charge in [-0.25, -0.2) is 4.79 Å². The van der Waals surface area contributed by atoms with Gasteiger partial charge in [-0.2, -0.15) is 5.10 Å². The first kappa shape index (κ1) is 15.4. The number of carbonyl (C=O) groups is 1. The van der Waals surface area contributed by atoms with Crippen LogP contribution in [0.4, 0.5) is 4.79 Å². The number of hydrogen-bond acceptors (Lipinski definition) is 2. The van der Waals surface area contributed by atoms with Crippen LogP contribution in [0.3, 0.4) is 0 Å². The second kappa shape index (κ2) is 6.31. The SMILES string of the molecule is CC(C)n1cc([C@@H](C)NC(=O)N2CCC[C@@H]2C2CCC2)cn1. The highest BCUT2D eigenvalue weighted by Crippen LogP contribution is 2.37. The van der Waals surface area contributed by atoms with Crippen LogP contribution >= 0.6 is 0 Å². The molecule has 2 heterocycles. The number of urea groups is 1. The summed E-state index contributed by atoms with van der Waals surface area (Å²) in [6.07, 6.45) is 10.1. The number of amides is 2. The van der Waals surface area contributed by atoms with Crippen molar-refractivity contribution in [3.05, 3.63) is 18.0 Å². The quantitative estimate of drug-likeness (QED) is 0.925. The van der Waals surface area contributed by atoms with Crippen molar-refractivity contribution < 1.29 is 4.79 Å². The molecular weight excluding hydrogens is 276 g/mol.